The summed E-state index contributed by atoms with van der Waals surface area (Å²) in [6, 6.07) is 1.60. The smallest absolute Gasteiger partial charge is 0.258 e. The van der Waals surface area contributed by atoms with Gasteiger partial charge in [0.15, 0.2) is 0 Å². The molecule has 7 nitrogen and oxygen atoms in total. The molecule has 0 radical (unpaired) electrons. The summed E-state index contributed by atoms with van der Waals surface area (Å²) in [5, 5.41) is 4.56. The molecule has 0 saturated carbocycles. The Bertz CT molecular complexity index is 798. The molecule has 22 heavy (non-hydrogen) atoms. The molecule has 0 aromatic carbocycles. The fourth-order valence-electron chi connectivity index (χ4n) is 2.67. The Labute approximate surface area is 129 Å². The molecule has 2 aromatic rings. The number of pyridine rings is 1. The lowest BCUT2D eigenvalue weighted by molar-refractivity contribution is -0.00771. The Kier molecular flexibility index (Phi) is 3.70. The topological polar surface area (TPSA) is 85.5 Å². The van der Waals surface area contributed by atoms with Crippen molar-refractivity contribution in [1.82, 2.24) is 14.4 Å². The number of hydrogen-bond donors (Lipinski definition) is 0. The van der Waals surface area contributed by atoms with Gasteiger partial charge in [-0.25, -0.2) is 13.4 Å². The second kappa shape index (κ2) is 5.29. The summed E-state index contributed by atoms with van der Waals surface area (Å²) < 4.78 is 37.9. The van der Waals surface area contributed by atoms with Gasteiger partial charge in [0.1, 0.15) is 4.90 Å². The average molecular weight is 325 g/mol. The van der Waals surface area contributed by atoms with Crippen molar-refractivity contribution in [2.75, 3.05) is 19.8 Å². The number of ether oxygens (including phenoxy) is 1. The highest BCUT2D eigenvalue weighted by Crippen LogP contribution is 2.29. The molecule has 0 atom stereocenters. The minimum Gasteiger partial charge on any atom is -0.378 e. The predicted octanol–water partition coefficient (Wildman–Crippen LogP) is 1.58. The summed E-state index contributed by atoms with van der Waals surface area (Å²) in [5.41, 5.74) is 0.478. The fourth-order valence-corrected chi connectivity index (χ4v) is 4.40. The van der Waals surface area contributed by atoms with Crippen molar-refractivity contribution in [3.8, 4) is 0 Å². The standard InChI is InChI=1S/C14H19N3O4S/c1-4-12-11-7-10(8-15-13(11)21-16-12)22(18,19)17-5-6-20-9-14(17,2)3/h7-8H,4-6,9H2,1-3H3. The third kappa shape index (κ3) is 2.41. The normalized spacial score (nSPS) is 19.6. The SMILES string of the molecule is CCc1noc2ncc(S(=O)(=O)N3CCOCC3(C)C)cc12. The van der Waals surface area contributed by atoms with E-state index in [0.29, 0.717) is 43.0 Å². The molecule has 8 heteroatoms. The van der Waals surface area contributed by atoms with Crippen LogP contribution in [0.5, 0.6) is 0 Å². The van der Waals surface area contributed by atoms with Crippen molar-refractivity contribution in [1.29, 1.82) is 0 Å². The number of fused-ring (bicyclic) bond motifs is 1. The van der Waals surface area contributed by atoms with E-state index in [1.54, 1.807) is 6.07 Å². The Morgan fingerprint density at radius 2 is 2.18 bits per heavy atom. The second-order valence-electron chi connectivity index (χ2n) is 5.95. The molecular weight excluding hydrogens is 306 g/mol. The van der Waals surface area contributed by atoms with Crippen LogP contribution in [-0.4, -0.2) is 48.2 Å². The van der Waals surface area contributed by atoms with E-state index < -0.39 is 15.6 Å². The van der Waals surface area contributed by atoms with Crippen LogP contribution in [0, 0.1) is 0 Å². The summed E-state index contributed by atoms with van der Waals surface area (Å²) in [6.07, 6.45) is 1.98. The van der Waals surface area contributed by atoms with Crippen LogP contribution >= 0.6 is 0 Å². The quantitative estimate of drug-likeness (QED) is 0.852. The van der Waals surface area contributed by atoms with Gasteiger partial charge < -0.3 is 9.26 Å². The van der Waals surface area contributed by atoms with Gasteiger partial charge in [0.2, 0.25) is 10.0 Å². The van der Waals surface area contributed by atoms with Crippen molar-refractivity contribution in [3.63, 3.8) is 0 Å². The van der Waals surface area contributed by atoms with E-state index in [-0.39, 0.29) is 4.90 Å². The zero-order valence-corrected chi connectivity index (χ0v) is 13.7. The molecule has 1 fully saturated rings. The van der Waals surface area contributed by atoms with Gasteiger partial charge in [-0.3, -0.25) is 0 Å². The largest absolute Gasteiger partial charge is 0.378 e. The monoisotopic (exact) mass is 325 g/mol. The number of nitrogens with zero attached hydrogens (tertiary/aromatic N) is 3. The van der Waals surface area contributed by atoms with Gasteiger partial charge in [-0.2, -0.15) is 4.31 Å². The Hall–Kier alpha value is -1.51. The summed E-state index contributed by atoms with van der Waals surface area (Å²) in [7, 11) is -3.64. The van der Waals surface area contributed by atoms with Gasteiger partial charge in [-0.1, -0.05) is 12.1 Å². The average Bonchev–Trinajstić information content (AvgIpc) is 2.88. The molecule has 0 spiro atoms. The highest BCUT2D eigenvalue weighted by atomic mass is 32.2. The third-order valence-corrected chi connectivity index (χ3v) is 5.95. The van der Waals surface area contributed by atoms with Crippen LogP contribution in [0.3, 0.4) is 0 Å². The van der Waals surface area contributed by atoms with Crippen molar-refractivity contribution >= 4 is 21.1 Å². The van der Waals surface area contributed by atoms with Crippen molar-refractivity contribution in [3.05, 3.63) is 18.0 Å². The molecule has 0 unspecified atom stereocenters. The minimum absolute atomic E-state index is 0.160. The highest BCUT2D eigenvalue weighted by Gasteiger charge is 2.40. The van der Waals surface area contributed by atoms with Crippen LogP contribution in [0.25, 0.3) is 11.1 Å². The van der Waals surface area contributed by atoms with Gasteiger partial charge in [-0.15, -0.1) is 0 Å². The molecule has 120 valence electrons. The Morgan fingerprint density at radius 1 is 1.41 bits per heavy atom. The van der Waals surface area contributed by atoms with E-state index in [9.17, 15) is 8.42 Å². The Balaban J connectivity index is 2.08. The minimum atomic E-state index is -3.64. The van der Waals surface area contributed by atoms with Crippen LogP contribution < -0.4 is 0 Å². The summed E-state index contributed by atoms with van der Waals surface area (Å²) in [6.45, 7) is 6.74. The number of hydrogen-bond acceptors (Lipinski definition) is 6. The van der Waals surface area contributed by atoms with Gasteiger partial charge in [0.25, 0.3) is 5.71 Å². The maximum Gasteiger partial charge on any atom is 0.258 e. The zero-order valence-electron chi connectivity index (χ0n) is 12.9. The molecule has 0 aliphatic carbocycles. The summed E-state index contributed by atoms with van der Waals surface area (Å²) >= 11 is 0. The first kappa shape index (κ1) is 15.4. The van der Waals surface area contributed by atoms with E-state index in [2.05, 4.69) is 10.1 Å². The Morgan fingerprint density at radius 3 is 2.86 bits per heavy atom. The van der Waals surface area contributed by atoms with Crippen molar-refractivity contribution in [2.45, 2.75) is 37.6 Å². The van der Waals surface area contributed by atoms with E-state index in [4.69, 9.17) is 9.26 Å². The number of morpholine rings is 1. The van der Waals surface area contributed by atoms with E-state index in [0.717, 1.165) is 0 Å². The molecule has 1 aliphatic heterocycles. The number of rotatable bonds is 3. The van der Waals surface area contributed by atoms with Crippen LogP contribution in [0.2, 0.25) is 0 Å². The number of aromatic nitrogens is 2. The van der Waals surface area contributed by atoms with E-state index in [1.165, 1.54) is 10.5 Å². The van der Waals surface area contributed by atoms with E-state index >= 15 is 0 Å². The van der Waals surface area contributed by atoms with Crippen LogP contribution in [0.15, 0.2) is 21.7 Å². The van der Waals surface area contributed by atoms with Gasteiger partial charge in [0.05, 0.1) is 36.0 Å². The molecule has 0 N–H and O–H groups in total. The van der Waals surface area contributed by atoms with Gasteiger partial charge >= 0.3 is 0 Å². The lowest BCUT2D eigenvalue weighted by atomic mass is 10.1. The third-order valence-electron chi connectivity index (χ3n) is 3.87. The highest BCUT2D eigenvalue weighted by molar-refractivity contribution is 7.89. The molecule has 1 aliphatic rings. The van der Waals surface area contributed by atoms with Crippen LogP contribution in [-0.2, 0) is 21.2 Å². The predicted molar refractivity (Wildman–Crippen MR) is 80.0 cm³/mol. The lowest BCUT2D eigenvalue weighted by Gasteiger charge is -2.40. The lowest BCUT2D eigenvalue weighted by Crippen LogP contribution is -2.55. The first-order valence-electron chi connectivity index (χ1n) is 7.21. The zero-order chi connectivity index (χ0) is 16.0. The number of sulfonamides is 1. The molecule has 3 heterocycles. The molecule has 2 aromatic heterocycles. The molecule has 0 amide bonds. The molecule has 3 rings (SSSR count). The van der Waals surface area contributed by atoms with E-state index in [1.807, 2.05) is 20.8 Å². The maximum absolute atomic E-state index is 12.9. The van der Waals surface area contributed by atoms with Crippen molar-refractivity contribution < 1.29 is 17.7 Å². The van der Waals surface area contributed by atoms with Gasteiger partial charge in [0, 0.05) is 6.54 Å². The molecule has 0 bridgehead atoms. The summed E-state index contributed by atoms with van der Waals surface area (Å²) in [5.74, 6) is 0. The van der Waals surface area contributed by atoms with Crippen LogP contribution in [0.4, 0.5) is 0 Å². The van der Waals surface area contributed by atoms with Crippen molar-refractivity contribution in [2.24, 2.45) is 0 Å². The fraction of sp³-hybridized carbons (Fsp3) is 0.571. The molecule has 1 saturated heterocycles. The first-order valence-corrected chi connectivity index (χ1v) is 8.65. The second-order valence-corrected chi connectivity index (χ2v) is 7.81. The maximum atomic E-state index is 12.9. The van der Waals surface area contributed by atoms with Crippen LogP contribution in [0.1, 0.15) is 26.5 Å². The molecular formula is C14H19N3O4S. The van der Waals surface area contributed by atoms with Gasteiger partial charge in [-0.05, 0) is 26.3 Å². The summed E-state index contributed by atoms with van der Waals surface area (Å²) in [4.78, 5) is 4.25. The number of aryl methyl sites for hydroxylation is 1. The first-order chi connectivity index (χ1) is 10.4.